The van der Waals surface area contributed by atoms with Gasteiger partial charge >= 0.3 is 0 Å². The normalized spacial score (nSPS) is 15.0. The lowest BCUT2D eigenvalue weighted by Gasteiger charge is -2.37. The summed E-state index contributed by atoms with van der Waals surface area (Å²) in [6.07, 6.45) is -0.127. The molecule has 0 saturated heterocycles. The number of benzene rings is 8. The highest BCUT2D eigenvalue weighted by Gasteiger charge is 2.33. The predicted molar refractivity (Wildman–Crippen MR) is 214 cm³/mol. The Morgan fingerprint density at radius 3 is 1.94 bits per heavy atom. The molecule has 238 valence electrons. The molecule has 0 N–H and O–H groups in total. The largest absolute Gasteiger partial charge is 0.334 e. The summed E-state index contributed by atoms with van der Waals surface area (Å²) in [7, 11) is 2.21. The van der Waals surface area contributed by atoms with Crippen LogP contribution >= 0.6 is 0 Å². The minimum absolute atomic E-state index is 0.127. The highest BCUT2D eigenvalue weighted by atomic mass is 15.3. The number of fused-ring (bicyclic) bond motifs is 14. The van der Waals surface area contributed by atoms with Gasteiger partial charge in [-0.2, -0.15) is 0 Å². The zero-order valence-corrected chi connectivity index (χ0v) is 27.9. The second-order valence-corrected chi connectivity index (χ2v) is 14.0. The quantitative estimate of drug-likeness (QED) is 0.171. The number of rotatable bonds is 2. The molecule has 1 aliphatic heterocycles. The van der Waals surface area contributed by atoms with Gasteiger partial charge in [0.05, 0.1) is 33.3 Å². The van der Waals surface area contributed by atoms with Crippen molar-refractivity contribution in [3.05, 3.63) is 169 Å². The topological polar surface area (TPSA) is 24.9 Å². The summed E-state index contributed by atoms with van der Waals surface area (Å²) in [5.74, 6) is 0.965. The van der Waals surface area contributed by atoms with Crippen LogP contribution in [0.1, 0.15) is 17.3 Å². The number of para-hydroxylation sites is 4. The van der Waals surface area contributed by atoms with Gasteiger partial charge in [-0.1, -0.05) is 121 Å². The first-order chi connectivity index (χ1) is 25.2. The van der Waals surface area contributed by atoms with E-state index in [1.807, 2.05) is 0 Å². The first kappa shape index (κ1) is 27.2. The Bertz CT molecular complexity index is 3290. The fourth-order valence-corrected chi connectivity index (χ4v) is 9.31. The SMILES string of the molecule is CN1C(c2ccc3c(ccc4ccccc43)c2)=Nc2ccccc2C1n1c2ccccc2c2c3c4ccccc4n4c5ccccc5c(cc21)c34. The monoisotopic (exact) mass is 650 g/mol. The molecule has 8 aromatic carbocycles. The van der Waals surface area contributed by atoms with Gasteiger partial charge in [0.1, 0.15) is 12.0 Å². The fraction of sp³-hybridized carbons (Fsp3) is 0.0426. The molecule has 0 amide bonds. The molecule has 0 aliphatic carbocycles. The van der Waals surface area contributed by atoms with Gasteiger partial charge in [-0.15, -0.1) is 0 Å². The molecule has 1 aliphatic rings. The molecule has 1 unspecified atom stereocenters. The van der Waals surface area contributed by atoms with Gasteiger partial charge in [-0.3, -0.25) is 0 Å². The molecule has 4 heterocycles. The van der Waals surface area contributed by atoms with E-state index in [9.17, 15) is 0 Å². The number of nitrogens with zero attached hydrogens (tertiary/aromatic N) is 4. The number of amidine groups is 1. The van der Waals surface area contributed by atoms with E-state index < -0.39 is 0 Å². The van der Waals surface area contributed by atoms with Crippen molar-refractivity contribution < 1.29 is 0 Å². The van der Waals surface area contributed by atoms with Crippen LogP contribution < -0.4 is 0 Å². The standard InChI is InChI=1S/C47H30N4/c1-49-46(30-24-25-32-29(26-30)23-22-28-12-2-3-13-31(28)32)48-38-18-8-4-15-34(38)47(49)51-41-21-11-6-16-35(41)43-42(51)27-37-33-14-5-9-19-39(33)50-40-20-10-7-17-36(40)44(43)45(37)50/h2-27,47H,1H3. The zero-order chi connectivity index (χ0) is 33.4. The van der Waals surface area contributed by atoms with E-state index in [1.54, 1.807) is 0 Å². The van der Waals surface area contributed by atoms with Crippen LogP contribution in [0.15, 0.2) is 163 Å². The van der Waals surface area contributed by atoms with Crippen molar-refractivity contribution in [2.24, 2.45) is 4.99 Å². The summed E-state index contributed by atoms with van der Waals surface area (Å²) in [6.45, 7) is 0. The Balaban J connectivity index is 1.17. The molecule has 11 aromatic rings. The molecule has 0 spiro atoms. The maximum absolute atomic E-state index is 5.37. The lowest BCUT2D eigenvalue weighted by Crippen LogP contribution is -2.38. The molecule has 3 aromatic heterocycles. The van der Waals surface area contributed by atoms with Gasteiger partial charge < -0.3 is 13.9 Å². The molecule has 0 saturated carbocycles. The minimum Gasteiger partial charge on any atom is -0.334 e. The molecule has 0 fully saturated rings. The second kappa shape index (κ2) is 9.74. The molecule has 51 heavy (non-hydrogen) atoms. The molecule has 0 bridgehead atoms. The Kier molecular flexibility index (Phi) is 5.19. The third-order valence-corrected chi connectivity index (χ3v) is 11.4. The summed E-state index contributed by atoms with van der Waals surface area (Å²) in [6, 6.07) is 57.8. The van der Waals surface area contributed by atoms with Crippen molar-refractivity contribution >= 4 is 93.0 Å². The summed E-state index contributed by atoms with van der Waals surface area (Å²) >= 11 is 0. The smallest absolute Gasteiger partial charge is 0.138 e. The zero-order valence-electron chi connectivity index (χ0n) is 27.9. The van der Waals surface area contributed by atoms with E-state index in [0.29, 0.717) is 0 Å². The summed E-state index contributed by atoms with van der Waals surface area (Å²) in [5.41, 5.74) is 9.56. The Labute approximate surface area is 293 Å². The highest BCUT2D eigenvalue weighted by Crippen LogP contribution is 2.48. The van der Waals surface area contributed by atoms with Gasteiger partial charge in [0.15, 0.2) is 0 Å². The van der Waals surface area contributed by atoms with Crippen molar-refractivity contribution in [1.29, 1.82) is 0 Å². The van der Waals surface area contributed by atoms with Crippen LogP contribution in [0.3, 0.4) is 0 Å². The van der Waals surface area contributed by atoms with Crippen molar-refractivity contribution in [3.8, 4) is 0 Å². The molecule has 4 heteroatoms. The number of hydrogen-bond donors (Lipinski definition) is 0. The van der Waals surface area contributed by atoms with Crippen LogP contribution in [0, 0.1) is 0 Å². The van der Waals surface area contributed by atoms with E-state index in [1.165, 1.54) is 87.0 Å². The first-order valence-electron chi connectivity index (χ1n) is 17.7. The van der Waals surface area contributed by atoms with E-state index in [4.69, 9.17) is 4.99 Å². The Morgan fingerprint density at radius 2 is 1.10 bits per heavy atom. The predicted octanol–water partition coefficient (Wildman–Crippen LogP) is 11.8. The van der Waals surface area contributed by atoms with E-state index in [0.717, 1.165) is 17.1 Å². The van der Waals surface area contributed by atoms with Crippen LogP contribution in [-0.2, 0) is 0 Å². The van der Waals surface area contributed by atoms with E-state index in [-0.39, 0.29) is 6.17 Å². The maximum Gasteiger partial charge on any atom is 0.138 e. The van der Waals surface area contributed by atoms with Gasteiger partial charge in [-0.05, 0) is 57.9 Å². The summed E-state index contributed by atoms with van der Waals surface area (Å²) < 4.78 is 5.06. The second-order valence-electron chi connectivity index (χ2n) is 14.0. The number of aromatic nitrogens is 2. The van der Waals surface area contributed by atoms with Crippen LogP contribution in [-0.4, -0.2) is 26.8 Å². The highest BCUT2D eigenvalue weighted by molar-refractivity contribution is 6.35. The van der Waals surface area contributed by atoms with Crippen LogP contribution in [0.5, 0.6) is 0 Å². The Hall–Kier alpha value is -6.65. The fourth-order valence-electron chi connectivity index (χ4n) is 9.31. The van der Waals surface area contributed by atoms with E-state index >= 15 is 0 Å². The van der Waals surface area contributed by atoms with Gasteiger partial charge in [-0.25, -0.2) is 4.99 Å². The lowest BCUT2D eigenvalue weighted by molar-refractivity contribution is 0.337. The molecule has 12 rings (SSSR count). The van der Waals surface area contributed by atoms with E-state index in [2.05, 4.69) is 179 Å². The summed E-state index contributed by atoms with van der Waals surface area (Å²) in [4.78, 5) is 7.75. The minimum atomic E-state index is -0.127. The van der Waals surface area contributed by atoms with Gasteiger partial charge in [0.2, 0.25) is 0 Å². The molecular weight excluding hydrogens is 621 g/mol. The molecule has 0 radical (unpaired) electrons. The lowest BCUT2D eigenvalue weighted by atomic mass is 9.98. The van der Waals surface area contributed by atoms with Crippen LogP contribution in [0.2, 0.25) is 0 Å². The van der Waals surface area contributed by atoms with Gasteiger partial charge in [0.25, 0.3) is 0 Å². The molecule has 4 nitrogen and oxygen atoms in total. The molecule has 1 atom stereocenters. The van der Waals surface area contributed by atoms with Gasteiger partial charge in [0, 0.05) is 50.5 Å². The maximum atomic E-state index is 5.37. The number of hydrogen-bond acceptors (Lipinski definition) is 2. The van der Waals surface area contributed by atoms with Crippen molar-refractivity contribution in [1.82, 2.24) is 13.9 Å². The van der Waals surface area contributed by atoms with Crippen LogP contribution in [0.4, 0.5) is 5.69 Å². The van der Waals surface area contributed by atoms with Crippen molar-refractivity contribution in [3.63, 3.8) is 0 Å². The average molecular weight is 651 g/mol. The number of aliphatic imine (C=N–C) groups is 1. The first-order valence-corrected chi connectivity index (χ1v) is 17.7. The van der Waals surface area contributed by atoms with Crippen molar-refractivity contribution in [2.75, 3.05) is 7.05 Å². The third-order valence-electron chi connectivity index (χ3n) is 11.4. The van der Waals surface area contributed by atoms with Crippen molar-refractivity contribution in [2.45, 2.75) is 6.17 Å². The summed E-state index contributed by atoms with van der Waals surface area (Å²) in [5, 5.41) is 12.8. The Morgan fingerprint density at radius 1 is 0.471 bits per heavy atom. The third kappa shape index (κ3) is 3.46. The van der Waals surface area contributed by atoms with Crippen LogP contribution in [0.25, 0.3) is 81.4 Å². The molecular formula is C47H30N4. The average Bonchev–Trinajstić information content (AvgIpc) is 3.82.